The number of benzene rings is 2. The molecule has 0 fully saturated rings. The zero-order valence-electron chi connectivity index (χ0n) is 26.2. The number of carbonyl (C=O) groups is 4. The molecule has 2 aromatic carbocycles. The number of rotatable bonds is 15. The number of amides is 3. The van der Waals surface area contributed by atoms with Gasteiger partial charge in [0.25, 0.3) is 0 Å². The SMILES string of the molecule is CC[C@H](C)[C@H](N)C(=O)N[C@@H](CC(C)C)C(=O)N[C@@H](Cc1c[nH]c2ccccc12)C(=O)N[C@@H](Cc1c[nH]c2ccccc12)C(=O)O. The highest BCUT2D eigenvalue weighted by molar-refractivity contribution is 5.95. The normalized spacial score (nSPS) is 14.9. The van der Waals surface area contributed by atoms with Crippen molar-refractivity contribution < 1.29 is 24.3 Å². The molecule has 0 aliphatic rings. The van der Waals surface area contributed by atoms with Gasteiger partial charge in [0.2, 0.25) is 17.7 Å². The van der Waals surface area contributed by atoms with Gasteiger partial charge in [-0.3, -0.25) is 14.4 Å². The van der Waals surface area contributed by atoms with E-state index in [4.69, 9.17) is 5.73 Å². The smallest absolute Gasteiger partial charge is 0.326 e. The third kappa shape index (κ3) is 8.30. The lowest BCUT2D eigenvalue weighted by molar-refractivity contribution is -0.142. The van der Waals surface area contributed by atoms with Crippen LogP contribution in [0.3, 0.4) is 0 Å². The molecule has 0 bridgehead atoms. The molecule has 0 radical (unpaired) electrons. The van der Waals surface area contributed by atoms with E-state index in [1.54, 1.807) is 12.4 Å². The highest BCUT2D eigenvalue weighted by Crippen LogP contribution is 2.21. The molecule has 0 aliphatic carbocycles. The molecular weight excluding hydrogens is 572 g/mol. The zero-order valence-corrected chi connectivity index (χ0v) is 26.2. The third-order valence-electron chi connectivity index (χ3n) is 8.35. The second kappa shape index (κ2) is 14.9. The standard InChI is InChI=1S/C34H44N6O5/c1-5-20(4)30(35)33(43)39-27(14-19(2)3)31(41)38-28(15-21-17-36-25-12-8-6-10-23(21)25)32(42)40-29(34(44)45)16-22-18-37-26-13-9-7-11-24(22)26/h6-13,17-20,27-30,36-37H,5,14-16,35H2,1-4H3,(H,38,41)(H,39,43)(H,40,42)(H,44,45)/t20-,27-,28-,29-,30-/m0/s1. The number of hydrogen-bond acceptors (Lipinski definition) is 5. The molecule has 0 saturated heterocycles. The number of aromatic amines is 2. The van der Waals surface area contributed by atoms with E-state index in [1.165, 1.54) is 0 Å². The maximum absolute atomic E-state index is 13.8. The van der Waals surface area contributed by atoms with Gasteiger partial charge in [-0.25, -0.2) is 4.79 Å². The Labute approximate surface area is 262 Å². The second-order valence-corrected chi connectivity index (χ2v) is 12.2. The number of nitrogens with two attached hydrogens (primary N) is 1. The summed E-state index contributed by atoms with van der Waals surface area (Å²) >= 11 is 0. The largest absolute Gasteiger partial charge is 0.480 e. The number of para-hydroxylation sites is 2. The van der Waals surface area contributed by atoms with Gasteiger partial charge in [0, 0.05) is 47.0 Å². The number of aromatic nitrogens is 2. The van der Waals surface area contributed by atoms with Gasteiger partial charge in [0.1, 0.15) is 18.1 Å². The molecule has 5 atom stereocenters. The number of carboxylic acids is 1. The quantitative estimate of drug-likeness (QED) is 0.107. The summed E-state index contributed by atoms with van der Waals surface area (Å²) in [5.41, 5.74) is 9.39. The predicted molar refractivity (Wildman–Crippen MR) is 174 cm³/mol. The molecule has 11 nitrogen and oxygen atoms in total. The topological polar surface area (TPSA) is 182 Å². The maximum Gasteiger partial charge on any atom is 0.326 e. The summed E-state index contributed by atoms with van der Waals surface area (Å²) in [5.74, 6) is -2.86. The molecule has 240 valence electrons. The maximum atomic E-state index is 13.8. The van der Waals surface area contributed by atoms with E-state index in [2.05, 4.69) is 25.9 Å². The van der Waals surface area contributed by atoms with Crippen molar-refractivity contribution in [1.29, 1.82) is 0 Å². The summed E-state index contributed by atoms with van der Waals surface area (Å²) in [5, 5.41) is 20.1. The van der Waals surface area contributed by atoms with Crippen LogP contribution < -0.4 is 21.7 Å². The van der Waals surface area contributed by atoms with Gasteiger partial charge in [-0.1, -0.05) is 70.5 Å². The predicted octanol–water partition coefficient (Wildman–Crippen LogP) is 3.39. The van der Waals surface area contributed by atoms with Crippen LogP contribution in [-0.2, 0) is 32.0 Å². The fraction of sp³-hybridized carbons (Fsp3) is 0.412. The van der Waals surface area contributed by atoms with Crippen LogP contribution >= 0.6 is 0 Å². The lowest BCUT2D eigenvalue weighted by Gasteiger charge is -2.27. The van der Waals surface area contributed by atoms with Gasteiger partial charge in [-0.2, -0.15) is 0 Å². The number of hydrogen-bond donors (Lipinski definition) is 7. The van der Waals surface area contributed by atoms with E-state index < -0.39 is 47.9 Å². The van der Waals surface area contributed by atoms with Crippen LogP contribution in [0, 0.1) is 11.8 Å². The number of fused-ring (bicyclic) bond motifs is 2. The lowest BCUT2D eigenvalue weighted by Crippen LogP contribution is -2.58. The molecule has 4 rings (SSSR count). The number of carboxylic acid groups (broad SMARTS) is 1. The van der Waals surface area contributed by atoms with Crippen LogP contribution in [0.2, 0.25) is 0 Å². The van der Waals surface area contributed by atoms with E-state index in [1.807, 2.05) is 76.2 Å². The Kier molecular flexibility index (Phi) is 11.0. The molecule has 0 saturated carbocycles. The van der Waals surface area contributed by atoms with Gasteiger partial charge in [0.15, 0.2) is 0 Å². The molecule has 2 heterocycles. The number of nitrogens with one attached hydrogen (secondary N) is 5. The summed E-state index contributed by atoms with van der Waals surface area (Å²) in [6.45, 7) is 7.67. The number of H-pyrrole nitrogens is 2. The van der Waals surface area contributed by atoms with E-state index in [0.29, 0.717) is 12.8 Å². The monoisotopic (exact) mass is 616 g/mol. The average Bonchev–Trinajstić information content (AvgIpc) is 3.62. The second-order valence-electron chi connectivity index (χ2n) is 12.2. The molecule has 0 spiro atoms. The van der Waals surface area contributed by atoms with Crippen LogP contribution in [0.25, 0.3) is 21.8 Å². The summed E-state index contributed by atoms with van der Waals surface area (Å²) in [6.07, 6.45) is 4.67. The Hall–Kier alpha value is -4.64. The van der Waals surface area contributed by atoms with Gasteiger partial charge in [-0.15, -0.1) is 0 Å². The Balaban J connectivity index is 1.59. The van der Waals surface area contributed by atoms with Crippen molar-refractivity contribution in [2.75, 3.05) is 0 Å². The summed E-state index contributed by atoms with van der Waals surface area (Å²) in [6, 6.07) is 11.0. The number of aliphatic carboxylic acids is 1. The fourth-order valence-electron chi connectivity index (χ4n) is 5.48. The Morgan fingerprint density at radius 2 is 1.20 bits per heavy atom. The van der Waals surface area contributed by atoms with Crippen molar-refractivity contribution in [3.63, 3.8) is 0 Å². The van der Waals surface area contributed by atoms with Crippen LogP contribution in [0.5, 0.6) is 0 Å². The van der Waals surface area contributed by atoms with Crippen LogP contribution in [-0.4, -0.2) is 62.9 Å². The minimum Gasteiger partial charge on any atom is -0.480 e. The average molecular weight is 617 g/mol. The molecule has 8 N–H and O–H groups in total. The van der Waals surface area contributed by atoms with Crippen molar-refractivity contribution in [2.45, 2.75) is 77.5 Å². The Morgan fingerprint density at radius 3 is 1.71 bits per heavy atom. The zero-order chi connectivity index (χ0) is 32.7. The van der Waals surface area contributed by atoms with Gasteiger partial charge < -0.3 is 36.8 Å². The molecule has 3 amide bonds. The minimum absolute atomic E-state index is 0.0401. The van der Waals surface area contributed by atoms with Crippen molar-refractivity contribution in [3.05, 3.63) is 72.1 Å². The number of carbonyl (C=O) groups excluding carboxylic acids is 3. The molecular formula is C34H44N6O5. The van der Waals surface area contributed by atoms with Crippen molar-refractivity contribution in [3.8, 4) is 0 Å². The van der Waals surface area contributed by atoms with Crippen molar-refractivity contribution in [2.24, 2.45) is 17.6 Å². The first-order valence-electron chi connectivity index (χ1n) is 15.5. The van der Waals surface area contributed by atoms with Crippen LogP contribution in [0.15, 0.2) is 60.9 Å². The van der Waals surface area contributed by atoms with Crippen LogP contribution in [0.1, 0.15) is 51.7 Å². The summed E-state index contributed by atoms with van der Waals surface area (Å²) in [7, 11) is 0. The third-order valence-corrected chi connectivity index (χ3v) is 8.35. The minimum atomic E-state index is -1.25. The van der Waals surface area contributed by atoms with E-state index in [-0.39, 0.29) is 24.7 Å². The first kappa shape index (κ1) is 33.3. The molecule has 4 aromatic rings. The fourth-order valence-corrected chi connectivity index (χ4v) is 5.48. The van der Waals surface area contributed by atoms with Gasteiger partial charge in [0.05, 0.1) is 6.04 Å². The van der Waals surface area contributed by atoms with E-state index >= 15 is 0 Å². The lowest BCUT2D eigenvalue weighted by atomic mass is 9.97. The molecule has 2 aromatic heterocycles. The highest BCUT2D eigenvalue weighted by atomic mass is 16.4. The first-order chi connectivity index (χ1) is 21.5. The summed E-state index contributed by atoms with van der Waals surface area (Å²) in [4.78, 5) is 59.2. The van der Waals surface area contributed by atoms with Crippen LogP contribution in [0.4, 0.5) is 0 Å². The van der Waals surface area contributed by atoms with Gasteiger partial charge >= 0.3 is 5.97 Å². The first-order valence-corrected chi connectivity index (χ1v) is 15.5. The van der Waals surface area contributed by atoms with Crippen molar-refractivity contribution >= 4 is 45.5 Å². The summed E-state index contributed by atoms with van der Waals surface area (Å²) < 4.78 is 0. The van der Waals surface area contributed by atoms with Gasteiger partial charge in [-0.05, 0) is 41.5 Å². The van der Waals surface area contributed by atoms with Crippen molar-refractivity contribution in [1.82, 2.24) is 25.9 Å². The molecule has 0 unspecified atom stereocenters. The Bertz CT molecular complexity index is 1640. The Morgan fingerprint density at radius 1 is 0.733 bits per heavy atom. The van der Waals surface area contributed by atoms with E-state index in [0.717, 1.165) is 32.9 Å². The highest BCUT2D eigenvalue weighted by Gasteiger charge is 2.32. The molecule has 0 aliphatic heterocycles. The van der Waals surface area contributed by atoms with E-state index in [9.17, 15) is 24.3 Å². The molecule has 45 heavy (non-hydrogen) atoms. The molecule has 11 heteroatoms.